The van der Waals surface area contributed by atoms with Crippen LogP contribution >= 0.6 is 0 Å². The van der Waals surface area contributed by atoms with E-state index in [2.05, 4.69) is 5.32 Å². The Kier molecular flexibility index (Phi) is 12.9. The Hall–Kier alpha value is -5.35. The van der Waals surface area contributed by atoms with Gasteiger partial charge in [0.2, 0.25) is 17.7 Å². The Morgan fingerprint density at radius 1 is 0.590 bits per heavy atom. The van der Waals surface area contributed by atoms with Gasteiger partial charge in [-0.1, -0.05) is 60.7 Å². The lowest BCUT2D eigenvalue weighted by atomic mass is 9.57. The van der Waals surface area contributed by atoms with E-state index in [0.717, 1.165) is 24.3 Å². The first-order valence-corrected chi connectivity index (χ1v) is 20.2. The first kappa shape index (κ1) is 43.7. The van der Waals surface area contributed by atoms with Crippen molar-refractivity contribution in [3.63, 3.8) is 0 Å². The fourth-order valence-corrected chi connectivity index (χ4v) is 9.04. The van der Waals surface area contributed by atoms with Crippen LogP contribution in [0.5, 0.6) is 0 Å². The summed E-state index contributed by atoms with van der Waals surface area (Å²) < 4.78 is 110. The van der Waals surface area contributed by atoms with Crippen molar-refractivity contribution in [3.8, 4) is 0 Å². The zero-order valence-electron chi connectivity index (χ0n) is 33.1. The normalized spacial score (nSPS) is 20.6. The molecule has 16 heteroatoms. The van der Waals surface area contributed by atoms with E-state index in [-0.39, 0.29) is 52.2 Å². The van der Waals surface area contributed by atoms with Crippen molar-refractivity contribution in [2.75, 3.05) is 58.9 Å². The monoisotopic (exact) mass is 855 g/mol. The van der Waals surface area contributed by atoms with Crippen LogP contribution in [0.25, 0.3) is 0 Å². The van der Waals surface area contributed by atoms with Gasteiger partial charge in [0.15, 0.2) is 0 Å². The lowest BCUT2D eigenvalue weighted by molar-refractivity contribution is -0.154. The summed E-state index contributed by atoms with van der Waals surface area (Å²) in [6.07, 6.45) is -8.58. The summed E-state index contributed by atoms with van der Waals surface area (Å²) in [6, 6.07) is 20.5. The van der Waals surface area contributed by atoms with Crippen molar-refractivity contribution >= 4 is 17.7 Å². The molecule has 3 amide bonds. The summed E-state index contributed by atoms with van der Waals surface area (Å²) in [7, 11) is 0. The smallest absolute Gasteiger partial charge is 0.356 e. The summed E-state index contributed by atoms with van der Waals surface area (Å²) in [5.74, 6) is -5.39. The average molecular weight is 856 g/mol. The van der Waals surface area contributed by atoms with Gasteiger partial charge in [-0.3, -0.25) is 24.2 Å². The molecule has 0 spiro atoms. The number of rotatable bonds is 10. The van der Waals surface area contributed by atoms with Crippen LogP contribution in [-0.2, 0) is 39.8 Å². The minimum absolute atomic E-state index is 0.0609. The molecule has 324 valence electrons. The number of piperazine rings is 2. The number of hydrogen-bond donors (Lipinski definition) is 1. The summed E-state index contributed by atoms with van der Waals surface area (Å²) in [4.78, 5) is 52.2. The zero-order valence-corrected chi connectivity index (χ0v) is 33.1. The number of nitrogens with zero attached hydrogens (tertiary/aromatic N) is 4. The largest absolute Gasteiger partial charge is 0.416 e. The van der Waals surface area contributed by atoms with Crippen LogP contribution in [0.2, 0.25) is 0 Å². The van der Waals surface area contributed by atoms with E-state index in [0.29, 0.717) is 54.9 Å². The third-order valence-electron chi connectivity index (χ3n) is 12.1. The minimum atomic E-state index is -4.50. The molecule has 3 fully saturated rings. The summed E-state index contributed by atoms with van der Waals surface area (Å²) in [5, 5.41) is 2.91. The highest BCUT2D eigenvalue weighted by Gasteiger charge is 2.60. The number of halogens is 8. The maximum Gasteiger partial charge on any atom is 0.416 e. The molecule has 3 aliphatic heterocycles. The molecular formula is C45H45F8N5O3. The Bertz CT molecular complexity index is 2040. The second-order valence-corrected chi connectivity index (χ2v) is 16.0. The number of alkyl halides is 6. The van der Waals surface area contributed by atoms with Gasteiger partial charge in [0.05, 0.1) is 28.4 Å². The molecule has 0 aromatic heterocycles. The van der Waals surface area contributed by atoms with Gasteiger partial charge in [-0.2, -0.15) is 26.3 Å². The van der Waals surface area contributed by atoms with Crippen LogP contribution in [0.4, 0.5) is 35.1 Å². The Morgan fingerprint density at radius 3 is 1.34 bits per heavy atom. The fourth-order valence-electron chi connectivity index (χ4n) is 9.04. The van der Waals surface area contributed by atoms with Crippen molar-refractivity contribution in [1.82, 2.24) is 24.9 Å². The molecule has 0 bridgehead atoms. The van der Waals surface area contributed by atoms with Crippen LogP contribution < -0.4 is 5.32 Å². The molecular weight excluding hydrogens is 811 g/mol. The molecule has 3 saturated heterocycles. The summed E-state index contributed by atoms with van der Waals surface area (Å²) in [6.45, 7) is 2.44. The lowest BCUT2D eigenvalue weighted by Gasteiger charge is -2.49. The molecule has 4 aromatic carbocycles. The van der Waals surface area contributed by atoms with Crippen molar-refractivity contribution in [2.45, 2.75) is 50.1 Å². The number of carbonyl (C=O) groups is 3. The summed E-state index contributed by atoms with van der Waals surface area (Å²) >= 11 is 0. The lowest BCUT2D eigenvalue weighted by Crippen LogP contribution is -2.61. The van der Waals surface area contributed by atoms with Gasteiger partial charge in [-0.15, -0.1) is 0 Å². The number of hydrogen-bond acceptors (Lipinski definition) is 5. The van der Waals surface area contributed by atoms with Crippen molar-refractivity contribution in [2.24, 2.45) is 5.41 Å². The highest BCUT2D eigenvalue weighted by Crippen LogP contribution is 2.53. The van der Waals surface area contributed by atoms with E-state index >= 15 is 9.59 Å². The van der Waals surface area contributed by atoms with Crippen LogP contribution in [0.3, 0.4) is 0 Å². The molecule has 1 N–H and O–H groups in total. The number of nitrogens with one attached hydrogen (secondary N) is 1. The Labute approximate surface area is 348 Å². The Balaban J connectivity index is 1.19. The van der Waals surface area contributed by atoms with Gasteiger partial charge in [0.1, 0.15) is 11.6 Å². The maximum absolute atomic E-state index is 15.2. The van der Waals surface area contributed by atoms with Crippen molar-refractivity contribution < 1.29 is 49.5 Å². The van der Waals surface area contributed by atoms with E-state index in [1.165, 1.54) is 60.7 Å². The van der Waals surface area contributed by atoms with Crippen LogP contribution in [0.15, 0.2) is 97.1 Å². The second kappa shape index (κ2) is 17.9. The number of carbonyl (C=O) groups excluding carboxylic acids is 3. The number of piperidine rings is 1. The molecule has 0 aliphatic carbocycles. The molecule has 61 heavy (non-hydrogen) atoms. The average Bonchev–Trinajstić information content (AvgIpc) is 3.23. The quantitative estimate of drug-likeness (QED) is 0.168. The van der Waals surface area contributed by atoms with Gasteiger partial charge >= 0.3 is 12.4 Å². The molecule has 0 radical (unpaired) electrons. The first-order valence-electron chi connectivity index (χ1n) is 20.2. The van der Waals surface area contributed by atoms with Crippen LogP contribution in [0, 0.1) is 17.0 Å². The third kappa shape index (κ3) is 9.75. The van der Waals surface area contributed by atoms with Gasteiger partial charge in [-0.05, 0) is 71.5 Å². The van der Waals surface area contributed by atoms with Gasteiger partial charge in [0.25, 0.3) is 0 Å². The fraction of sp³-hybridized carbons (Fsp3) is 0.400. The molecule has 8 nitrogen and oxygen atoms in total. The number of benzene rings is 4. The SMILES string of the molecule is O=C(C(c1ccc(F)cc1)C1(C(C(=O)N2CCN(Cc3cccc(C(F)(F)F)c3)CC2)c2ccc(F)cc2)CCCNC1=O)N1CCN(Cc2cccc(C(F)(F)F)c2)CC1. The highest BCUT2D eigenvalue weighted by atomic mass is 19.4. The topological polar surface area (TPSA) is 76.2 Å². The van der Waals surface area contributed by atoms with E-state index < -0.39 is 70.1 Å². The van der Waals surface area contributed by atoms with Gasteiger partial charge in [0, 0.05) is 72.0 Å². The minimum Gasteiger partial charge on any atom is -0.356 e. The standard InChI is InChI=1S/C45H45F8N5O3/c46-36-12-8-32(9-13-36)38(40(59)57-22-18-55(19-23-57)28-30-4-1-6-34(26-30)44(48,49)50)43(16-3-17-54-42(43)61)39(33-10-14-37(47)15-11-33)41(60)58-24-20-56(21-25-58)29-31-5-2-7-35(27-31)45(51,52)53/h1-2,4-15,26-27,38-39H,3,16-25,28-29H2,(H,54,61). The molecule has 7 rings (SSSR count). The molecule has 2 unspecified atom stereocenters. The van der Waals surface area contributed by atoms with Crippen molar-refractivity contribution in [1.29, 1.82) is 0 Å². The molecule has 3 aliphatic rings. The van der Waals surface area contributed by atoms with E-state index in [4.69, 9.17) is 0 Å². The highest BCUT2D eigenvalue weighted by molar-refractivity contribution is 6.01. The Morgan fingerprint density at radius 2 is 0.984 bits per heavy atom. The van der Waals surface area contributed by atoms with E-state index in [9.17, 15) is 39.9 Å². The predicted octanol–water partition coefficient (Wildman–Crippen LogP) is 7.46. The summed E-state index contributed by atoms with van der Waals surface area (Å²) in [5.41, 5.74) is -1.84. The van der Waals surface area contributed by atoms with Crippen molar-refractivity contribution in [3.05, 3.63) is 142 Å². The zero-order chi connectivity index (χ0) is 43.5. The van der Waals surface area contributed by atoms with Crippen LogP contribution in [-0.4, -0.2) is 96.2 Å². The van der Waals surface area contributed by atoms with E-state index in [1.54, 1.807) is 21.9 Å². The molecule has 2 atom stereocenters. The number of amides is 3. The van der Waals surface area contributed by atoms with Gasteiger partial charge in [-0.25, -0.2) is 8.78 Å². The second-order valence-electron chi connectivity index (χ2n) is 16.0. The maximum atomic E-state index is 15.2. The molecule has 4 aromatic rings. The van der Waals surface area contributed by atoms with Crippen LogP contribution in [0.1, 0.15) is 58.1 Å². The molecule has 0 saturated carbocycles. The van der Waals surface area contributed by atoms with E-state index in [1.807, 2.05) is 9.80 Å². The predicted molar refractivity (Wildman–Crippen MR) is 210 cm³/mol. The molecule has 3 heterocycles. The first-order chi connectivity index (χ1) is 29.0. The third-order valence-corrected chi connectivity index (χ3v) is 12.1. The van der Waals surface area contributed by atoms with Gasteiger partial charge < -0.3 is 15.1 Å².